The van der Waals surface area contributed by atoms with Gasteiger partial charge in [0.05, 0.1) is 25.4 Å². The zero-order valence-corrected chi connectivity index (χ0v) is 16.6. The van der Waals surface area contributed by atoms with E-state index in [0.29, 0.717) is 25.7 Å². The fraction of sp³-hybridized carbons (Fsp3) is 0.950. The Bertz CT molecular complexity index is 514. The van der Waals surface area contributed by atoms with E-state index >= 15 is 0 Å². The van der Waals surface area contributed by atoms with Gasteiger partial charge in [0, 0.05) is 23.4 Å². The van der Waals surface area contributed by atoms with Crippen LogP contribution in [0.4, 0.5) is 0 Å². The number of ether oxygens (including phenoxy) is 2. The molecule has 5 nitrogen and oxygen atoms in total. The molecule has 144 valence electrons. The van der Waals surface area contributed by atoms with Crippen LogP contribution in [0.25, 0.3) is 0 Å². The third-order valence-corrected chi connectivity index (χ3v) is 6.45. The maximum absolute atomic E-state index is 13.5. The van der Waals surface area contributed by atoms with Crippen LogP contribution in [0.3, 0.4) is 0 Å². The Kier molecular flexibility index (Phi) is 4.85. The van der Waals surface area contributed by atoms with E-state index in [0.717, 1.165) is 12.8 Å². The average molecular weight is 354 g/mol. The van der Waals surface area contributed by atoms with E-state index in [1.807, 2.05) is 20.8 Å². The lowest BCUT2D eigenvalue weighted by Gasteiger charge is -2.61. The van der Waals surface area contributed by atoms with Crippen LogP contribution in [0.15, 0.2) is 0 Å². The van der Waals surface area contributed by atoms with Crippen LogP contribution < -0.4 is 0 Å². The van der Waals surface area contributed by atoms with Crippen molar-refractivity contribution in [2.45, 2.75) is 96.1 Å². The maximum atomic E-state index is 13.5. The first-order valence-corrected chi connectivity index (χ1v) is 9.80. The SMILES string of the molecule is CC1(CO)COC2(CC(C)(C)N(C3CCCCC3)C(C)(C)C2=O)OC1. The summed E-state index contributed by atoms with van der Waals surface area (Å²) in [6, 6.07) is 0.450. The van der Waals surface area contributed by atoms with Crippen LogP contribution in [0.5, 0.6) is 0 Å². The van der Waals surface area contributed by atoms with Gasteiger partial charge in [-0.2, -0.15) is 0 Å². The molecule has 0 aromatic heterocycles. The molecule has 0 unspecified atom stereocenters. The van der Waals surface area contributed by atoms with Gasteiger partial charge in [-0.05, 0) is 40.5 Å². The van der Waals surface area contributed by atoms with E-state index in [4.69, 9.17) is 9.47 Å². The van der Waals surface area contributed by atoms with Gasteiger partial charge in [-0.1, -0.05) is 26.2 Å². The fourth-order valence-corrected chi connectivity index (χ4v) is 5.35. The smallest absolute Gasteiger partial charge is 0.232 e. The number of ketones is 1. The third kappa shape index (κ3) is 3.18. The topological polar surface area (TPSA) is 59.0 Å². The van der Waals surface area contributed by atoms with Crippen molar-refractivity contribution in [3.63, 3.8) is 0 Å². The Morgan fingerprint density at radius 3 is 2.12 bits per heavy atom. The number of carbonyl (C=O) groups is 1. The minimum Gasteiger partial charge on any atom is -0.396 e. The summed E-state index contributed by atoms with van der Waals surface area (Å²) in [6.45, 7) is 11.1. The lowest BCUT2D eigenvalue weighted by molar-refractivity contribution is -0.315. The van der Waals surface area contributed by atoms with Crippen molar-refractivity contribution in [2.24, 2.45) is 5.41 Å². The summed E-state index contributed by atoms with van der Waals surface area (Å²) in [4.78, 5) is 16.0. The Hall–Kier alpha value is -0.490. The molecule has 0 aromatic rings. The Labute approximate surface area is 152 Å². The van der Waals surface area contributed by atoms with Crippen LogP contribution in [0.1, 0.15) is 73.1 Å². The molecule has 2 aliphatic heterocycles. The van der Waals surface area contributed by atoms with E-state index in [1.54, 1.807) is 0 Å². The highest BCUT2D eigenvalue weighted by Gasteiger charge is 2.63. The van der Waals surface area contributed by atoms with Crippen LogP contribution in [-0.4, -0.2) is 58.5 Å². The molecule has 1 aliphatic carbocycles. The monoisotopic (exact) mass is 353 g/mol. The molecule has 0 aromatic carbocycles. The van der Waals surface area contributed by atoms with Gasteiger partial charge < -0.3 is 14.6 Å². The van der Waals surface area contributed by atoms with Crippen LogP contribution >= 0.6 is 0 Å². The molecule has 0 amide bonds. The van der Waals surface area contributed by atoms with Crippen LogP contribution in [-0.2, 0) is 14.3 Å². The zero-order chi connectivity index (χ0) is 18.5. The third-order valence-electron chi connectivity index (χ3n) is 6.45. The summed E-state index contributed by atoms with van der Waals surface area (Å²) in [5.74, 6) is -1.14. The quantitative estimate of drug-likeness (QED) is 0.827. The normalized spacial score (nSPS) is 39.7. The fourth-order valence-electron chi connectivity index (χ4n) is 5.35. The number of likely N-dealkylation sites (tertiary alicyclic amines) is 1. The Balaban J connectivity index is 1.89. The molecule has 3 aliphatic rings. The number of Topliss-reactive ketones (excluding diaryl/α,β-unsaturated/α-hetero) is 1. The highest BCUT2D eigenvalue weighted by Crippen LogP contribution is 2.48. The number of piperidine rings is 1. The molecule has 25 heavy (non-hydrogen) atoms. The second-order valence-corrected chi connectivity index (χ2v) is 9.84. The summed E-state index contributed by atoms with van der Waals surface area (Å²) < 4.78 is 12.1. The van der Waals surface area contributed by atoms with E-state index in [2.05, 4.69) is 18.7 Å². The number of aliphatic hydroxyl groups excluding tert-OH is 1. The standard InChI is InChI=1S/C20H35NO4/c1-17(2)11-20(24-13-19(5,12-22)14-25-20)16(23)18(3,4)21(17)15-9-7-6-8-10-15/h15,22H,6-14H2,1-5H3. The molecule has 1 saturated carbocycles. The molecule has 2 heterocycles. The van der Waals surface area contributed by atoms with Gasteiger partial charge >= 0.3 is 0 Å². The highest BCUT2D eigenvalue weighted by molar-refractivity contribution is 5.95. The number of nitrogens with zero attached hydrogens (tertiary/aromatic N) is 1. The molecule has 2 saturated heterocycles. The summed E-state index contributed by atoms with van der Waals surface area (Å²) in [7, 11) is 0. The van der Waals surface area contributed by atoms with Crippen molar-refractivity contribution in [1.82, 2.24) is 4.90 Å². The zero-order valence-electron chi connectivity index (χ0n) is 16.6. The van der Waals surface area contributed by atoms with Crippen LogP contribution in [0.2, 0.25) is 0 Å². The van der Waals surface area contributed by atoms with Crippen molar-refractivity contribution in [3.05, 3.63) is 0 Å². The molecule has 1 spiro atoms. The predicted molar refractivity (Wildman–Crippen MR) is 96.3 cm³/mol. The van der Waals surface area contributed by atoms with Crippen molar-refractivity contribution >= 4 is 5.78 Å². The molecule has 0 atom stereocenters. The van der Waals surface area contributed by atoms with Gasteiger partial charge in [0.15, 0.2) is 0 Å². The van der Waals surface area contributed by atoms with Gasteiger partial charge in [0.1, 0.15) is 0 Å². The predicted octanol–water partition coefficient (Wildman–Crippen LogP) is 2.89. The lowest BCUT2D eigenvalue weighted by atomic mass is 9.72. The Morgan fingerprint density at radius 1 is 1.04 bits per heavy atom. The first kappa shape index (κ1) is 19.3. The molecule has 0 bridgehead atoms. The minimum atomic E-state index is -1.17. The summed E-state index contributed by atoms with van der Waals surface area (Å²) in [5, 5.41) is 9.57. The number of aliphatic hydroxyl groups is 1. The average Bonchev–Trinajstić information content (AvgIpc) is 2.56. The minimum absolute atomic E-state index is 0.00173. The molecule has 1 N–H and O–H groups in total. The van der Waals surface area contributed by atoms with Crippen LogP contribution in [0, 0.1) is 5.41 Å². The maximum Gasteiger partial charge on any atom is 0.232 e. The number of hydrogen-bond donors (Lipinski definition) is 1. The first-order chi connectivity index (χ1) is 11.6. The number of carbonyl (C=O) groups excluding carboxylic acids is 1. The summed E-state index contributed by atoms with van der Waals surface area (Å²) in [5.41, 5.74) is -1.25. The van der Waals surface area contributed by atoms with E-state index in [-0.39, 0.29) is 17.9 Å². The van der Waals surface area contributed by atoms with Gasteiger partial charge in [-0.15, -0.1) is 0 Å². The molecular weight excluding hydrogens is 318 g/mol. The van der Waals surface area contributed by atoms with E-state index in [9.17, 15) is 9.90 Å². The van der Waals surface area contributed by atoms with Gasteiger partial charge in [-0.3, -0.25) is 9.69 Å². The first-order valence-electron chi connectivity index (χ1n) is 9.80. The lowest BCUT2D eigenvalue weighted by Crippen LogP contribution is -2.75. The van der Waals surface area contributed by atoms with Crippen molar-refractivity contribution in [3.8, 4) is 0 Å². The number of hydrogen-bond acceptors (Lipinski definition) is 5. The van der Waals surface area contributed by atoms with Gasteiger partial charge in [-0.25, -0.2) is 0 Å². The molecule has 0 radical (unpaired) electrons. The van der Waals surface area contributed by atoms with Crippen molar-refractivity contribution < 1.29 is 19.4 Å². The highest BCUT2D eigenvalue weighted by atomic mass is 16.7. The number of rotatable bonds is 2. The van der Waals surface area contributed by atoms with Crippen molar-refractivity contribution in [2.75, 3.05) is 19.8 Å². The largest absolute Gasteiger partial charge is 0.396 e. The van der Waals surface area contributed by atoms with Gasteiger partial charge in [0.25, 0.3) is 0 Å². The van der Waals surface area contributed by atoms with E-state index < -0.39 is 16.7 Å². The molecule has 3 fully saturated rings. The molecule has 3 rings (SSSR count). The molecular formula is C20H35NO4. The van der Waals surface area contributed by atoms with Gasteiger partial charge in [0.2, 0.25) is 11.6 Å². The Morgan fingerprint density at radius 2 is 1.60 bits per heavy atom. The van der Waals surface area contributed by atoms with Crippen molar-refractivity contribution in [1.29, 1.82) is 0 Å². The summed E-state index contributed by atoms with van der Waals surface area (Å²) >= 11 is 0. The molecule has 5 heteroatoms. The van der Waals surface area contributed by atoms with E-state index in [1.165, 1.54) is 19.3 Å². The second-order valence-electron chi connectivity index (χ2n) is 9.84. The second kappa shape index (κ2) is 6.29. The summed E-state index contributed by atoms with van der Waals surface area (Å²) in [6.07, 6.45) is 6.66.